The van der Waals surface area contributed by atoms with Gasteiger partial charge in [0.25, 0.3) is 0 Å². The van der Waals surface area contributed by atoms with E-state index in [0.717, 1.165) is 17.5 Å². The van der Waals surface area contributed by atoms with Crippen molar-refractivity contribution in [1.29, 1.82) is 0 Å². The molecule has 0 aromatic heterocycles. The van der Waals surface area contributed by atoms with E-state index >= 15 is 0 Å². The van der Waals surface area contributed by atoms with Gasteiger partial charge in [0, 0.05) is 26.2 Å². The molecule has 7 heteroatoms. The molecule has 0 aliphatic carbocycles. The van der Waals surface area contributed by atoms with Crippen molar-refractivity contribution in [2.75, 3.05) is 20.7 Å². The second-order valence-electron chi connectivity index (χ2n) is 9.42. The highest BCUT2D eigenvalue weighted by atomic mass is 16.5. The van der Waals surface area contributed by atoms with Gasteiger partial charge in [-0.2, -0.15) is 0 Å². The average molecular weight is 448 g/mol. The van der Waals surface area contributed by atoms with Gasteiger partial charge in [-0.15, -0.1) is 0 Å². The van der Waals surface area contributed by atoms with Crippen molar-refractivity contribution in [3.63, 3.8) is 0 Å². The molecule has 4 atom stereocenters. The fraction of sp³-hybridized carbons (Fsp3) is 0.423. The van der Waals surface area contributed by atoms with Crippen LogP contribution in [0.2, 0.25) is 0 Å². The van der Waals surface area contributed by atoms with Crippen LogP contribution in [0.15, 0.2) is 48.5 Å². The van der Waals surface area contributed by atoms with E-state index in [4.69, 9.17) is 4.74 Å². The van der Waals surface area contributed by atoms with E-state index in [1.54, 1.807) is 7.11 Å². The quantitative estimate of drug-likeness (QED) is 0.729. The number of benzene rings is 2. The largest absolute Gasteiger partial charge is 0.497 e. The molecule has 0 radical (unpaired) electrons. The molecule has 172 valence electrons. The van der Waals surface area contributed by atoms with Crippen LogP contribution in [-0.4, -0.2) is 53.8 Å². The van der Waals surface area contributed by atoms with Gasteiger partial charge >= 0.3 is 0 Å². The van der Waals surface area contributed by atoms with Gasteiger partial charge in [-0.1, -0.05) is 42.0 Å². The van der Waals surface area contributed by atoms with Crippen LogP contribution in [0.4, 0.5) is 0 Å². The molecule has 0 saturated carbocycles. The van der Waals surface area contributed by atoms with Gasteiger partial charge < -0.3 is 9.64 Å². The lowest BCUT2D eigenvalue weighted by atomic mass is 9.74. The molecule has 3 aliphatic rings. The molecule has 3 amide bonds. The molecule has 2 aromatic rings. The zero-order valence-electron chi connectivity index (χ0n) is 19.2. The minimum Gasteiger partial charge on any atom is -0.497 e. The zero-order chi connectivity index (χ0) is 23.3. The first-order valence-electron chi connectivity index (χ1n) is 11.4. The summed E-state index contributed by atoms with van der Waals surface area (Å²) in [6, 6.07) is 15.2. The summed E-state index contributed by atoms with van der Waals surface area (Å²) >= 11 is 0. The molecule has 0 unspecified atom stereocenters. The van der Waals surface area contributed by atoms with Gasteiger partial charge in [0.05, 0.1) is 18.9 Å². The molecule has 2 aromatic carbocycles. The van der Waals surface area contributed by atoms with E-state index in [9.17, 15) is 14.4 Å². The number of hydrogen-bond acceptors (Lipinski definition) is 5. The molecule has 3 aliphatic heterocycles. The maximum absolute atomic E-state index is 14.0. The van der Waals surface area contributed by atoms with E-state index in [1.807, 2.05) is 60.4 Å². The second kappa shape index (κ2) is 7.99. The van der Waals surface area contributed by atoms with Crippen LogP contribution in [0.5, 0.6) is 5.75 Å². The maximum atomic E-state index is 14.0. The summed E-state index contributed by atoms with van der Waals surface area (Å²) in [6.45, 7) is 3.16. The average Bonchev–Trinajstić information content (AvgIpc) is 3.28. The van der Waals surface area contributed by atoms with E-state index in [0.29, 0.717) is 25.3 Å². The van der Waals surface area contributed by atoms with Crippen LogP contribution in [0.3, 0.4) is 0 Å². The van der Waals surface area contributed by atoms with Crippen LogP contribution >= 0.6 is 0 Å². The van der Waals surface area contributed by atoms with Crippen molar-refractivity contribution in [3.05, 3.63) is 65.2 Å². The first kappa shape index (κ1) is 21.6. The Hall–Kier alpha value is -3.19. The molecule has 33 heavy (non-hydrogen) atoms. The van der Waals surface area contributed by atoms with E-state index < -0.39 is 23.4 Å². The van der Waals surface area contributed by atoms with Crippen LogP contribution in [0, 0.1) is 18.8 Å². The zero-order valence-corrected chi connectivity index (χ0v) is 19.2. The summed E-state index contributed by atoms with van der Waals surface area (Å²) in [5.41, 5.74) is 2.03. The Morgan fingerprint density at radius 2 is 1.73 bits per heavy atom. The van der Waals surface area contributed by atoms with Crippen LogP contribution in [0.25, 0.3) is 0 Å². The van der Waals surface area contributed by atoms with Crippen LogP contribution in [-0.2, 0) is 20.9 Å². The molecule has 7 nitrogen and oxygen atoms in total. The lowest BCUT2D eigenvalue weighted by Gasteiger charge is -2.42. The number of piperidine rings is 1. The van der Waals surface area contributed by atoms with Crippen LogP contribution < -0.4 is 10.1 Å². The number of methoxy groups -OCH3 is 1. The SMILES string of the molecule is COc1ccc([C@H]2N[C@]3(CCCN(Cc4ccc(C)cc4)C3=O)[C@H]3C(=O)N(C)C(=O)[C@@H]23)cc1. The van der Waals surface area contributed by atoms with Crippen molar-refractivity contribution in [2.24, 2.45) is 11.8 Å². The summed E-state index contributed by atoms with van der Waals surface area (Å²) < 4.78 is 5.27. The third kappa shape index (κ3) is 3.33. The Kier molecular flexibility index (Phi) is 5.24. The minimum absolute atomic E-state index is 0.0863. The van der Waals surface area contributed by atoms with E-state index in [1.165, 1.54) is 17.5 Å². The number of amides is 3. The molecule has 1 N–H and O–H groups in total. The second-order valence-corrected chi connectivity index (χ2v) is 9.42. The minimum atomic E-state index is -1.07. The first-order chi connectivity index (χ1) is 15.9. The van der Waals surface area contributed by atoms with Crippen molar-refractivity contribution in [2.45, 2.75) is 37.9 Å². The standard InChI is InChI=1S/C26H29N3O4/c1-16-5-7-17(8-6-16)15-29-14-4-13-26(25(29)32)21-20(23(30)28(2)24(21)31)22(27-26)18-9-11-19(33-3)12-10-18/h5-12,20-22,27H,4,13-15H2,1-3H3/t20-,21-,22-,26-/m1/s1. The summed E-state index contributed by atoms with van der Waals surface area (Å²) in [4.78, 5) is 43.4. The van der Waals surface area contributed by atoms with Gasteiger partial charge in [-0.3, -0.25) is 24.6 Å². The van der Waals surface area contributed by atoms with Gasteiger partial charge in [-0.25, -0.2) is 0 Å². The Morgan fingerprint density at radius 1 is 1.03 bits per heavy atom. The van der Waals surface area contributed by atoms with E-state index in [-0.39, 0.29) is 17.7 Å². The fourth-order valence-corrected chi connectivity index (χ4v) is 5.77. The Morgan fingerprint density at radius 3 is 2.39 bits per heavy atom. The summed E-state index contributed by atoms with van der Waals surface area (Å²) in [5.74, 6) is -1.16. The number of fused-ring (bicyclic) bond motifs is 2. The molecule has 3 saturated heterocycles. The number of rotatable bonds is 4. The normalized spacial score (nSPS) is 29.2. The van der Waals surface area contributed by atoms with Crippen molar-refractivity contribution in [1.82, 2.24) is 15.1 Å². The number of nitrogens with one attached hydrogen (secondary N) is 1. The van der Waals surface area contributed by atoms with Crippen molar-refractivity contribution in [3.8, 4) is 5.75 Å². The Bertz CT molecular complexity index is 1100. The monoisotopic (exact) mass is 447 g/mol. The predicted molar refractivity (Wildman–Crippen MR) is 122 cm³/mol. The molecule has 0 bridgehead atoms. The lowest BCUT2D eigenvalue weighted by Crippen LogP contribution is -2.63. The molecule has 3 heterocycles. The Balaban J connectivity index is 1.51. The smallest absolute Gasteiger partial charge is 0.244 e. The fourth-order valence-electron chi connectivity index (χ4n) is 5.77. The molecule has 5 rings (SSSR count). The third-order valence-electron chi connectivity index (χ3n) is 7.51. The van der Waals surface area contributed by atoms with Crippen molar-refractivity contribution < 1.29 is 19.1 Å². The van der Waals surface area contributed by atoms with Crippen molar-refractivity contribution >= 4 is 17.7 Å². The maximum Gasteiger partial charge on any atom is 0.244 e. The number of nitrogens with zero attached hydrogens (tertiary/aromatic N) is 2. The third-order valence-corrected chi connectivity index (χ3v) is 7.51. The van der Waals surface area contributed by atoms with Gasteiger partial charge in [0.15, 0.2) is 0 Å². The molecule has 1 spiro atoms. The number of hydrogen-bond donors (Lipinski definition) is 1. The topological polar surface area (TPSA) is 79.0 Å². The molecule has 3 fully saturated rings. The van der Waals surface area contributed by atoms with E-state index in [2.05, 4.69) is 5.32 Å². The van der Waals surface area contributed by atoms with Gasteiger partial charge in [0.1, 0.15) is 11.3 Å². The highest BCUT2D eigenvalue weighted by molar-refractivity contribution is 6.10. The number of aryl methyl sites for hydroxylation is 1. The van der Waals surface area contributed by atoms with Gasteiger partial charge in [0.2, 0.25) is 17.7 Å². The molecular weight excluding hydrogens is 418 g/mol. The summed E-state index contributed by atoms with van der Waals surface area (Å²) in [6.07, 6.45) is 1.31. The first-order valence-corrected chi connectivity index (χ1v) is 11.4. The molecular formula is C26H29N3O4. The number of imide groups is 1. The van der Waals surface area contributed by atoms with Gasteiger partial charge in [-0.05, 0) is 43.0 Å². The highest BCUT2D eigenvalue weighted by Crippen LogP contribution is 2.51. The number of carbonyl (C=O) groups is 3. The number of likely N-dealkylation sites (tertiary alicyclic amines) is 2. The number of carbonyl (C=O) groups excluding carboxylic acids is 3. The summed E-state index contributed by atoms with van der Waals surface area (Å²) in [7, 11) is 3.13. The lowest BCUT2D eigenvalue weighted by molar-refractivity contribution is -0.149. The number of ether oxygens (including phenoxy) is 1. The highest BCUT2D eigenvalue weighted by Gasteiger charge is 2.68. The predicted octanol–water partition coefficient (Wildman–Crippen LogP) is 2.44. The Labute approximate surface area is 193 Å². The summed E-state index contributed by atoms with van der Waals surface area (Å²) in [5, 5.41) is 3.52. The van der Waals surface area contributed by atoms with Crippen LogP contribution in [0.1, 0.15) is 35.6 Å².